The molecule has 1 saturated heterocycles. The molecule has 0 radical (unpaired) electrons. The molecule has 0 amide bonds. The van der Waals surface area contributed by atoms with Crippen LogP contribution in [0, 0.1) is 6.92 Å². The largest absolute Gasteiger partial charge is 0.409 e. The van der Waals surface area contributed by atoms with Crippen molar-refractivity contribution < 1.29 is 5.21 Å². The number of nitrogens with zero attached hydrogens (tertiary/aromatic N) is 3. The van der Waals surface area contributed by atoms with Crippen molar-refractivity contribution in [2.75, 3.05) is 38.1 Å². The highest BCUT2D eigenvalue weighted by Crippen LogP contribution is 2.22. The van der Waals surface area contributed by atoms with E-state index in [4.69, 9.17) is 10.9 Å². The van der Waals surface area contributed by atoms with Crippen molar-refractivity contribution >= 4 is 11.5 Å². The van der Waals surface area contributed by atoms with Gasteiger partial charge in [0.25, 0.3) is 0 Å². The summed E-state index contributed by atoms with van der Waals surface area (Å²) in [5, 5.41) is 11.8. The van der Waals surface area contributed by atoms with Gasteiger partial charge < -0.3 is 20.7 Å². The highest BCUT2D eigenvalue weighted by molar-refractivity contribution is 5.97. The van der Waals surface area contributed by atoms with Gasteiger partial charge in [0.15, 0.2) is 5.84 Å². The molecule has 1 aliphatic heterocycles. The third kappa shape index (κ3) is 3.17. The first-order valence-electron chi connectivity index (χ1n) is 6.64. The number of nitrogens with two attached hydrogens (primary N) is 1. The van der Waals surface area contributed by atoms with Crippen LogP contribution in [0.1, 0.15) is 17.5 Å². The molecule has 104 valence electrons. The van der Waals surface area contributed by atoms with E-state index in [9.17, 15) is 0 Å². The molecule has 2 rings (SSSR count). The van der Waals surface area contributed by atoms with E-state index in [1.165, 1.54) is 12.1 Å². The maximum Gasteiger partial charge on any atom is 0.170 e. The van der Waals surface area contributed by atoms with Crippen LogP contribution in [0.2, 0.25) is 0 Å². The summed E-state index contributed by atoms with van der Waals surface area (Å²) >= 11 is 0. The summed E-state index contributed by atoms with van der Waals surface area (Å²) in [6.45, 7) is 6.42. The number of benzene rings is 1. The van der Waals surface area contributed by atoms with Crippen LogP contribution in [-0.4, -0.2) is 49.2 Å². The predicted octanol–water partition coefficient (Wildman–Crippen LogP) is 1.23. The average molecular weight is 262 g/mol. The number of oxime groups is 1. The molecule has 5 heteroatoms. The lowest BCUT2D eigenvalue weighted by molar-refractivity contribution is 0.318. The molecule has 1 fully saturated rings. The Morgan fingerprint density at radius 3 is 2.74 bits per heavy atom. The fraction of sp³-hybridized carbons (Fsp3) is 0.500. The van der Waals surface area contributed by atoms with Crippen molar-refractivity contribution in [3.63, 3.8) is 0 Å². The van der Waals surface area contributed by atoms with Gasteiger partial charge in [0.05, 0.1) is 0 Å². The minimum Gasteiger partial charge on any atom is -0.409 e. The normalized spacial score (nSPS) is 18.4. The molecule has 0 saturated carbocycles. The second kappa shape index (κ2) is 5.93. The minimum absolute atomic E-state index is 0.158. The van der Waals surface area contributed by atoms with Crippen LogP contribution in [0.5, 0.6) is 0 Å². The van der Waals surface area contributed by atoms with Crippen LogP contribution in [-0.2, 0) is 0 Å². The lowest BCUT2D eigenvalue weighted by atomic mass is 10.1. The van der Waals surface area contributed by atoms with E-state index in [2.05, 4.69) is 35.0 Å². The van der Waals surface area contributed by atoms with Gasteiger partial charge in [0.2, 0.25) is 0 Å². The van der Waals surface area contributed by atoms with E-state index in [0.717, 1.165) is 37.3 Å². The standard InChI is InChI=1S/C14H22N4O/c1-11-10-12(14(15)16-19)4-5-13(11)18-7-3-6-17(2)8-9-18/h4-5,10,19H,3,6-9H2,1-2H3,(H2,15,16). The summed E-state index contributed by atoms with van der Waals surface area (Å²) in [6, 6.07) is 5.94. The fourth-order valence-electron chi connectivity index (χ4n) is 2.51. The molecule has 0 atom stereocenters. The molecule has 19 heavy (non-hydrogen) atoms. The van der Waals surface area contributed by atoms with E-state index in [1.807, 2.05) is 12.1 Å². The molecule has 1 aliphatic rings. The zero-order chi connectivity index (χ0) is 13.8. The summed E-state index contributed by atoms with van der Waals surface area (Å²) in [5.41, 5.74) is 8.78. The van der Waals surface area contributed by atoms with Gasteiger partial charge in [-0.2, -0.15) is 0 Å². The third-order valence-corrected chi connectivity index (χ3v) is 3.66. The van der Waals surface area contributed by atoms with Gasteiger partial charge in [-0.25, -0.2) is 0 Å². The van der Waals surface area contributed by atoms with Crippen LogP contribution in [0.25, 0.3) is 0 Å². The fourth-order valence-corrected chi connectivity index (χ4v) is 2.51. The first kappa shape index (κ1) is 13.7. The van der Waals surface area contributed by atoms with Crippen LogP contribution in [0.3, 0.4) is 0 Å². The van der Waals surface area contributed by atoms with Crippen LogP contribution in [0.4, 0.5) is 5.69 Å². The van der Waals surface area contributed by atoms with Crippen molar-refractivity contribution in [3.05, 3.63) is 29.3 Å². The zero-order valence-corrected chi connectivity index (χ0v) is 11.6. The minimum atomic E-state index is 0.158. The predicted molar refractivity (Wildman–Crippen MR) is 78.0 cm³/mol. The second-order valence-corrected chi connectivity index (χ2v) is 5.13. The first-order chi connectivity index (χ1) is 9.11. The number of likely N-dealkylation sites (N-methyl/N-ethyl adjacent to an activating group) is 1. The molecule has 0 aliphatic carbocycles. The lowest BCUT2D eigenvalue weighted by Crippen LogP contribution is -2.29. The molecule has 1 aromatic carbocycles. The van der Waals surface area contributed by atoms with Gasteiger partial charge in [-0.3, -0.25) is 0 Å². The molecule has 1 heterocycles. The maximum absolute atomic E-state index is 8.71. The number of amidine groups is 1. The topological polar surface area (TPSA) is 65.1 Å². The van der Waals surface area contributed by atoms with Crippen molar-refractivity contribution in [1.82, 2.24) is 4.90 Å². The second-order valence-electron chi connectivity index (χ2n) is 5.13. The summed E-state index contributed by atoms with van der Waals surface area (Å²) < 4.78 is 0. The van der Waals surface area contributed by atoms with Crippen molar-refractivity contribution in [1.29, 1.82) is 0 Å². The SMILES string of the molecule is Cc1cc(/C(N)=N/O)ccc1N1CCCN(C)CC1. The monoisotopic (exact) mass is 262 g/mol. The molecule has 5 nitrogen and oxygen atoms in total. The van der Waals surface area contributed by atoms with Gasteiger partial charge in [-0.15, -0.1) is 0 Å². The van der Waals surface area contributed by atoms with Crippen LogP contribution >= 0.6 is 0 Å². The number of hydrogen-bond donors (Lipinski definition) is 2. The smallest absolute Gasteiger partial charge is 0.170 e. The van der Waals surface area contributed by atoms with Crippen molar-refractivity contribution in [2.45, 2.75) is 13.3 Å². The Morgan fingerprint density at radius 2 is 2.05 bits per heavy atom. The van der Waals surface area contributed by atoms with Crippen LogP contribution < -0.4 is 10.6 Å². The summed E-state index contributed by atoms with van der Waals surface area (Å²) in [4.78, 5) is 4.77. The Morgan fingerprint density at radius 1 is 1.26 bits per heavy atom. The molecule has 1 aromatic rings. The maximum atomic E-state index is 8.71. The first-order valence-corrected chi connectivity index (χ1v) is 6.64. The Labute approximate surface area is 114 Å². The number of rotatable bonds is 2. The molecule has 0 aromatic heterocycles. The summed E-state index contributed by atoms with van der Waals surface area (Å²) in [6.07, 6.45) is 1.18. The van der Waals surface area contributed by atoms with Gasteiger partial charge >= 0.3 is 0 Å². The lowest BCUT2D eigenvalue weighted by Gasteiger charge is -2.25. The third-order valence-electron chi connectivity index (χ3n) is 3.66. The quantitative estimate of drug-likeness (QED) is 0.364. The number of aryl methyl sites for hydroxylation is 1. The molecular formula is C14H22N4O. The highest BCUT2D eigenvalue weighted by atomic mass is 16.4. The molecular weight excluding hydrogens is 240 g/mol. The molecule has 0 unspecified atom stereocenters. The Bertz CT molecular complexity index is 473. The van der Waals surface area contributed by atoms with Crippen LogP contribution in [0.15, 0.2) is 23.4 Å². The Balaban J connectivity index is 2.21. The van der Waals surface area contributed by atoms with Gasteiger partial charge in [0, 0.05) is 30.9 Å². The zero-order valence-electron chi connectivity index (χ0n) is 11.6. The van der Waals surface area contributed by atoms with Gasteiger partial charge in [-0.1, -0.05) is 5.16 Å². The summed E-state index contributed by atoms with van der Waals surface area (Å²) in [5.74, 6) is 0.158. The average Bonchev–Trinajstić information content (AvgIpc) is 2.62. The van der Waals surface area contributed by atoms with E-state index >= 15 is 0 Å². The number of anilines is 1. The van der Waals surface area contributed by atoms with Gasteiger partial charge in [0.1, 0.15) is 0 Å². The van der Waals surface area contributed by atoms with E-state index in [1.54, 1.807) is 0 Å². The van der Waals surface area contributed by atoms with Crippen molar-refractivity contribution in [2.24, 2.45) is 10.9 Å². The molecule has 0 bridgehead atoms. The Hall–Kier alpha value is -1.75. The van der Waals surface area contributed by atoms with E-state index in [0.29, 0.717) is 0 Å². The molecule has 0 spiro atoms. The van der Waals surface area contributed by atoms with E-state index < -0.39 is 0 Å². The molecule has 3 N–H and O–H groups in total. The van der Waals surface area contributed by atoms with Gasteiger partial charge in [-0.05, 0) is 50.7 Å². The Kier molecular flexibility index (Phi) is 4.27. The van der Waals surface area contributed by atoms with E-state index in [-0.39, 0.29) is 5.84 Å². The highest BCUT2D eigenvalue weighted by Gasteiger charge is 2.14. The van der Waals surface area contributed by atoms with Crippen molar-refractivity contribution in [3.8, 4) is 0 Å². The number of hydrogen-bond acceptors (Lipinski definition) is 4. The summed E-state index contributed by atoms with van der Waals surface area (Å²) in [7, 11) is 2.16.